The number of hydrogen-bond donors (Lipinski definition) is 6. The molecule has 0 aliphatic carbocycles. The van der Waals surface area contributed by atoms with Crippen LogP contribution >= 0.6 is 0 Å². The first-order valence-corrected chi connectivity index (χ1v) is 24.5. The van der Waals surface area contributed by atoms with Gasteiger partial charge in [0.25, 0.3) is 5.91 Å². The average molecular weight is 980 g/mol. The van der Waals surface area contributed by atoms with Crippen molar-refractivity contribution in [3.8, 4) is 0 Å². The van der Waals surface area contributed by atoms with Crippen LogP contribution in [0.3, 0.4) is 0 Å². The topological polar surface area (TPSA) is 346 Å². The van der Waals surface area contributed by atoms with E-state index >= 15 is 0 Å². The van der Waals surface area contributed by atoms with Crippen molar-refractivity contribution < 1.29 is 71.3 Å². The second-order valence-corrected chi connectivity index (χ2v) is 18.5. The SMILES string of the molecule is CC(=O)CCCOCCOCC(=O)NC(CCCCNC(=O)c1ccc(C)cc1)C(N)=O.CCCC(NC(=O)CCC(CC(=O)CCCS(=O)(=O)CC(=O)CCCC1=NN=NC1)C(=O)O)C(=O)O. The Morgan fingerprint density at radius 1 is 0.765 bits per heavy atom. The summed E-state index contributed by atoms with van der Waals surface area (Å²) in [5.74, 6) is -7.19. The van der Waals surface area contributed by atoms with E-state index in [-0.39, 0.29) is 75.6 Å². The van der Waals surface area contributed by atoms with E-state index < -0.39 is 74.8 Å². The molecule has 1 aliphatic heterocycles. The summed E-state index contributed by atoms with van der Waals surface area (Å²) in [7, 11) is -3.70. The molecule has 0 aromatic heterocycles. The molecule has 68 heavy (non-hydrogen) atoms. The van der Waals surface area contributed by atoms with E-state index in [4.69, 9.17) is 20.3 Å². The zero-order valence-electron chi connectivity index (χ0n) is 39.3. The van der Waals surface area contributed by atoms with Crippen LogP contribution in [-0.4, -0.2) is 140 Å². The number of carbonyl (C=O) groups is 9. The van der Waals surface area contributed by atoms with Gasteiger partial charge in [-0.25, -0.2) is 13.2 Å². The molecule has 380 valence electrons. The van der Waals surface area contributed by atoms with Gasteiger partial charge in [-0.3, -0.25) is 33.6 Å². The van der Waals surface area contributed by atoms with E-state index in [0.717, 1.165) is 11.3 Å². The number of carboxylic acids is 2. The molecule has 1 aliphatic rings. The van der Waals surface area contributed by atoms with Gasteiger partial charge in [0.15, 0.2) is 9.84 Å². The number of sulfone groups is 1. The van der Waals surface area contributed by atoms with Gasteiger partial charge < -0.3 is 46.2 Å². The fourth-order valence-corrected chi connectivity index (χ4v) is 7.72. The number of aryl methyl sites for hydroxylation is 1. The number of unbranched alkanes of at least 4 members (excludes halogenated alkanes) is 1. The third-order valence-corrected chi connectivity index (χ3v) is 11.8. The number of nitrogens with two attached hydrogens (primary N) is 1. The highest BCUT2D eigenvalue weighted by atomic mass is 32.2. The molecule has 3 atom stereocenters. The molecule has 23 heteroatoms. The van der Waals surface area contributed by atoms with E-state index in [1.165, 1.54) is 6.92 Å². The minimum absolute atomic E-state index is 0.0433. The van der Waals surface area contributed by atoms with Gasteiger partial charge in [-0.1, -0.05) is 31.0 Å². The van der Waals surface area contributed by atoms with Gasteiger partial charge in [-0.2, -0.15) is 5.11 Å². The molecular formula is C45H69N7O15S. The van der Waals surface area contributed by atoms with Crippen LogP contribution in [0.25, 0.3) is 0 Å². The number of carboxylic acid groups (broad SMARTS) is 2. The second-order valence-electron chi connectivity index (χ2n) is 16.3. The Hall–Kier alpha value is -5.81. The number of ketones is 3. The van der Waals surface area contributed by atoms with Crippen molar-refractivity contribution in [2.45, 2.75) is 129 Å². The summed E-state index contributed by atoms with van der Waals surface area (Å²) in [6, 6.07) is 5.44. The molecular weight excluding hydrogens is 911 g/mol. The van der Waals surface area contributed by atoms with Crippen LogP contribution in [0.1, 0.15) is 126 Å². The normalized spacial score (nSPS) is 13.2. The van der Waals surface area contributed by atoms with Gasteiger partial charge in [0.05, 0.1) is 30.6 Å². The Balaban J connectivity index is 0.000000685. The van der Waals surface area contributed by atoms with Crippen molar-refractivity contribution in [1.29, 1.82) is 0 Å². The highest BCUT2D eigenvalue weighted by Crippen LogP contribution is 2.16. The molecule has 1 aromatic carbocycles. The number of benzene rings is 1. The van der Waals surface area contributed by atoms with Crippen molar-refractivity contribution in [1.82, 2.24) is 16.0 Å². The lowest BCUT2D eigenvalue weighted by atomic mass is 9.95. The molecule has 1 heterocycles. The van der Waals surface area contributed by atoms with Crippen LogP contribution in [0.15, 0.2) is 39.7 Å². The summed E-state index contributed by atoms with van der Waals surface area (Å²) >= 11 is 0. The maximum Gasteiger partial charge on any atom is 0.326 e. The molecule has 0 fully saturated rings. The number of aliphatic carboxylic acids is 2. The van der Waals surface area contributed by atoms with E-state index in [2.05, 4.69) is 31.4 Å². The van der Waals surface area contributed by atoms with Crippen molar-refractivity contribution >= 4 is 68.5 Å². The van der Waals surface area contributed by atoms with Crippen LogP contribution in [0, 0.1) is 12.8 Å². The number of rotatable bonds is 37. The van der Waals surface area contributed by atoms with Gasteiger partial charge in [0.1, 0.15) is 48.3 Å². The molecule has 0 saturated heterocycles. The van der Waals surface area contributed by atoms with Crippen LogP contribution < -0.4 is 21.7 Å². The lowest BCUT2D eigenvalue weighted by molar-refractivity contribution is -0.145. The summed E-state index contributed by atoms with van der Waals surface area (Å²) in [5, 5.41) is 37.1. The van der Waals surface area contributed by atoms with Gasteiger partial charge in [-0.05, 0) is 89.0 Å². The Morgan fingerprint density at radius 2 is 1.44 bits per heavy atom. The number of nitrogens with zero attached hydrogens (tertiary/aromatic N) is 3. The number of ether oxygens (including phenoxy) is 2. The molecule has 1 aromatic rings. The predicted octanol–water partition coefficient (Wildman–Crippen LogP) is 2.82. The summed E-state index contributed by atoms with van der Waals surface area (Å²) in [5.41, 5.74) is 7.79. The van der Waals surface area contributed by atoms with Crippen molar-refractivity contribution in [3.63, 3.8) is 0 Å². The number of hydrogen-bond acceptors (Lipinski definition) is 16. The molecule has 4 amide bonds. The fraction of sp³-hybridized carbons (Fsp3) is 0.644. The summed E-state index contributed by atoms with van der Waals surface area (Å²) in [6.07, 6.45) is 3.58. The summed E-state index contributed by atoms with van der Waals surface area (Å²) in [4.78, 5) is 105. The van der Waals surface area contributed by atoms with Gasteiger partial charge in [-0.15, -0.1) is 5.10 Å². The molecule has 0 spiro atoms. The maximum absolute atomic E-state index is 12.2. The van der Waals surface area contributed by atoms with Gasteiger partial charge in [0.2, 0.25) is 17.7 Å². The Kier molecular flexibility index (Phi) is 30.5. The first-order chi connectivity index (χ1) is 32.2. The first kappa shape index (κ1) is 60.2. The minimum atomic E-state index is -3.70. The highest BCUT2D eigenvalue weighted by molar-refractivity contribution is 7.92. The Morgan fingerprint density at radius 3 is 2.06 bits per heavy atom. The van der Waals surface area contributed by atoms with Gasteiger partial charge >= 0.3 is 11.9 Å². The third kappa shape index (κ3) is 29.8. The largest absolute Gasteiger partial charge is 0.481 e. The van der Waals surface area contributed by atoms with E-state index in [1.807, 2.05) is 19.1 Å². The molecule has 0 bridgehead atoms. The number of nitrogens with one attached hydrogen (secondary N) is 3. The monoisotopic (exact) mass is 979 g/mol. The van der Waals surface area contributed by atoms with Crippen LogP contribution in [0.4, 0.5) is 0 Å². The smallest absolute Gasteiger partial charge is 0.326 e. The van der Waals surface area contributed by atoms with E-state index in [1.54, 1.807) is 19.1 Å². The fourth-order valence-electron chi connectivity index (χ4n) is 6.36. The maximum atomic E-state index is 12.2. The lowest BCUT2D eigenvalue weighted by Crippen LogP contribution is -2.45. The van der Waals surface area contributed by atoms with Crippen molar-refractivity contribution in [2.24, 2.45) is 27.1 Å². The second kappa shape index (κ2) is 34.5. The Bertz CT molecular complexity index is 1990. The Labute approximate surface area is 397 Å². The molecule has 0 radical (unpaired) electrons. The summed E-state index contributed by atoms with van der Waals surface area (Å²) in [6.45, 7) is 6.91. The predicted molar refractivity (Wildman–Crippen MR) is 248 cm³/mol. The number of amides is 4. The third-order valence-electron chi connectivity index (χ3n) is 10.1. The van der Waals surface area contributed by atoms with Crippen molar-refractivity contribution in [2.75, 3.05) is 51.0 Å². The highest BCUT2D eigenvalue weighted by Gasteiger charge is 2.25. The molecule has 7 N–H and O–H groups in total. The molecule has 22 nitrogen and oxygen atoms in total. The quantitative estimate of drug-likeness (QED) is 0.0522. The average Bonchev–Trinajstić information content (AvgIpc) is 3.78. The van der Waals surface area contributed by atoms with Crippen LogP contribution in [-0.2, 0) is 57.7 Å². The lowest BCUT2D eigenvalue weighted by Gasteiger charge is -2.15. The minimum Gasteiger partial charge on any atom is -0.481 e. The zero-order valence-corrected chi connectivity index (χ0v) is 40.2. The van der Waals surface area contributed by atoms with E-state index in [0.29, 0.717) is 83.2 Å². The van der Waals surface area contributed by atoms with Crippen LogP contribution in [0.2, 0.25) is 0 Å². The number of Topliss-reactive ketones (excluding diaryl/α,β-unsaturated/α-hetero) is 3. The summed E-state index contributed by atoms with van der Waals surface area (Å²) < 4.78 is 34.8. The zero-order chi connectivity index (χ0) is 50.9. The standard InChI is InChI=1S/C23H35N3O6.C22H34N4O9S/c1-17-8-10-19(11-9-17)23(30)25-12-4-3-7-20(22(24)29)26-21(28)16-32-15-14-31-13-5-6-18(2)27;1-2-5-19(22(32)33)24-20(29)10-9-15(21(30)31)12-17(27)8-4-11-36(34,35)14-18(28)7-3-6-16-13-23-26-25-16/h8-11,20H,3-7,12-16H2,1-2H3,(H2,24,29)(H,25,30)(H,26,28);15,19H,2-14H2,1H3,(H,24,29)(H,30,31)(H,32,33). The van der Waals surface area contributed by atoms with E-state index in [9.17, 15) is 56.7 Å². The molecule has 0 saturated carbocycles. The molecule has 2 rings (SSSR count). The number of carbonyl (C=O) groups excluding carboxylic acids is 7. The number of primary amides is 1. The van der Waals surface area contributed by atoms with Gasteiger partial charge in [0, 0.05) is 50.8 Å². The van der Waals surface area contributed by atoms with Crippen LogP contribution in [0.5, 0.6) is 0 Å². The van der Waals surface area contributed by atoms with Crippen molar-refractivity contribution in [3.05, 3.63) is 35.4 Å². The molecule has 3 unspecified atom stereocenters. The first-order valence-electron chi connectivity index (χ1n) is 22.7.